The van der Waals surface area contributed by atoms with Crippen molar-refractivity contribution in [3.8, 4) is 5.75 Å². The molecule has 0 saturated heterocycles. The Morgan fingerprint density at radius 3 is 1.92 bits per heavy atom. The van der Waals surface area contributed by atoms with E-state index in [1.54, 1.807) is 7.11 Å². The van der Waals surface area contributed by atoms with Gasteiger partial charge >= 0.3 is 24.3 Å². The number of benzene rings is 1. The van der Waals surface area contributed by atoms with Crippen LogP contribution in [-0.2, 0) is 35.6 Å². The lowest BCUT2D eigenvalue weighted by atomic mass is 10.2. The second-order valence-corrected chi connectivity index (χ2v) is 8.67. The normalized spacial score (nSPS) is 13.9. The predicted octanol–water partition coefficient (Wildman–Crippen LogP) is 3.45. The molecule has 2 heterocycles. The first-order valence-corrected chi connectivity index (χ1v) is 11.5. The molecule has 1 aromatic carbocycles. The van der Waals surface area contributed by atoms with E-state index in [1.807, 2.05) is 12.1 Å². The number of methoxy groups -OCH3 is 1. The lowest BCUT2D eigenvalue weighted by Crippen LogP contribution is -2.29. The molecule has 0 radical (unpaired) electrons. The average Bonchev–Trinajstić information content (AvgIpc) is 3.10. The highest BCUT2D eigenvalue weighted by Crippen LogP contribution is 2.17. The van der Waals surface area contributed by atoms with Gasteiger partial charge in [0.1, 0.15) is 17.4 Å². The van der Waals surface area contributed by atoms with Crippen molar-refractivity contribution in [2.45, 2.75) is 58.3 Å². The van der Waals surface area contributed by atoms with Crippen LogP contribution in [0.5, 0.6) is 5.75 Å². The summed E-state index contributed by atoms with van der Waals surface area (Å²) in [6.07, 6.45) is -9.21. The minimum atomic E-state index is -5.08. The highest BCUT2D eigenvalue weighted by Gasteiger charge is 2.38. The van der Waals surface area contributed by atoms with Crippen LogP contribution in [0.1, 0.15) is 31.1 Å². The van der Waals surface area contributed by atoms with Gasteiger partial charge in [0.15, 0.2) is 0 Å². The Morgan fingerprint density at radius 2 is 1.49 bits per heavy atom. The van der Waals surface area contributed by atoms with E-state index in [9.17, 15) is 26.3 Å². The summed E-state index contributed by atoms with van der Waals surface area (Å²) in [5, 5.41) is 23.1. The van der Waals surface area contributed by atoms with E-state index in [1.165, 1.54) is 5.56 Å². The molecular formula is C23H31F6N5O5. The third-order valence-electron chi connectivity index (χ3n) is 5.52. The summed E-state index contributed by atoms with van der Waals surface area (Å²) in [5.74, 6) is -2.41. The molecule has 0 fully saturated rings. The molecular weight excluding hydrogens is 540 g/mol. The van der Waals surface area contributed by atoms with Gasteiger partial charge in [-0.15, -0.1) is 10.2 Å². The smallest absolute Gasteiger partial charge is 0.490 e. The summed E-state index contributed by atoms with van der Waals surface area (Å²) in [6.45, 7) is 9.22. The second-order valence-electron chi connectivity index (χ2n) is 8.67. The zero-order valence-electron chi connectivity index (χ0n) is 21.8. The van der Waals surface area contributed by atoms with Gasteiger partial charge in [0.05, 0.1) is 13.7 Å². The third-order valence-corrected chi connectivity index (χ3v) is 5.52. The molecule has 39 heavy (non-hydrogen) atoms. The molecule has 0 amide bonds. The molecule has 3 rings (SSSR count). The maximum absolute atomic E-state index is 10.6. The summed E-state index contributed by atoms with van der Waals surface area (Å²) < 4.78 is 71.0. The fourth-order valence-electron chi connectivity index (χ4n) is 3.10. The highest BCUT2D eigenvalue weighted by molar-refractivity contribution is 5.73. The van der Waals surface area contributed by atoms with E-state index >= 15 is 0 Å². The first-order chi connectivity index (χ1) is 17.9. The Labute approximate surface area is 220 Å². The van der Waals surface area contributed by atoms with Crippen LogP contribution >= 0.6 is 0 Å². The fourth-order valence-corrected chi connectivity index (χ4v) is 3.10. The number of hydrogen-bond donors (Lipinski definition) is 2. The third kappa shape index (κ3) is 11.9. The van der Waals surface area contributed by atoms with Gasteiger partial charge in [-0.1, -0.05) is 12.1 Å². The van der Waals surface area contributed by atoms with Crippen molar-refractivity contribution in [1.29, 1.82) is 0 Å². The van der Waals surface area contributed by atoms with E-state index in [4.69, 9.17) is 24.5 Å². The van der Waals surface area contributed by atoms with E-state index in [-0.39, 0.29) is 0 Å². The maximum atomic E-state index is 10.6. The average molecular weight is 572 g/mol. The Morgan fingerprint density at radius 1 is 0.974 bits per heavy atom. The zero-order valence-corrected chi connectivity index (χ0v) is 21.8. The van der Waals surface area contributed by atoms with E-state index in [2.05, 4.69) is 57.6 Å². The summed E-state index contributed by atoms with van der Waals surface area (Å²) in [4.78, 5) is 22.6. The van der Waals surface area contributed by atoms with Gasteiger partial charge in [-0.2, -0.15) is 26.3 Å². The van der Waals surface area contributed by atoms with Crippen LogP contribution in [0.2, 0.25) is 0 Å². The monoisotopic (exact) mass is 571 g/mol. The Balaban J connectivity index is 0.000000449. The topological polar surface area (TPSA) is 121 Å². The number of ether oxygens (including phenoxy) is 1. The quantitative estimate of drug-likeness (QED) is 0.503. The molecule has 2 aromatic rings. The zero-order chi connectivity index (χ0) is 30.0. The molecule has 1 aliphatic rings. The van der Waals surface area contributed by atoms with Gasteiger partial charge in [0.25, 0.3) is 0 Å². The number of aromatic nitrogens is 3. The van der Waals surface area contributed by atoms with Crippen LogP contribution in [0.25, 0.3) is 0 Å². The van der Waals surface area contributed by atoms with Crippen molar-refractivity contribution >= 4 is 11.9 Å². The number of carboxylic acid groups (broad SMARTS) is 2. The van der Waals surface area contributed by atoms with Crippen molar-refractivity contribution in [1.82, 2.24) is 24.6 Å². The van der Waals surface area contributed by atoms with Crippen LogP contribution in [0.4, 0.5) is 26.3 Å². The Kier molecular flexibility index (Phi) is 12.7. The van der Waals surface area contributed by atoms with Gasteiger partial charge in [0, 0.05) is 38.6 Å². The number of carboxylic acids is 2. The Hall–Kier alpha value is -3.40. The first kappa shape index (κ1) is 33.6. The molecule has 0 unspecified atom stereocenters. The second kappa shape index (κ2) is 14.7. The van der Waals surface area contributed by atoms with E-state index in [0.29, 0.717) is 6.04 Å². The predicted molar refractivity (Wildman–Crippen MR) is 126 cm³/mol. The maximum Gasteiger partial charge on any atom is 0.490 e. The summed E-state index contributed by atoms with van der Waals surface area (Å²) >= 11 is 0. The van der Waals surface area contributed by atoms with Crippen molar-refractivity contribution in [3.63, 3.8) is 0 Å². The molecule has 0 bridgehead atoms. The molecule has 0 saturated carbocycles. The number of hydrogen-bond acceptors (Lipinski definition) is 7. The SMILES string of the molecule is COc1ccc(CN2CCc3nnc(CN(C)C(C)C)n3CC2)cc1.O=C(O)C(F)(F)F.O=C(O)C(F)(F)F. The lowest BCUT2D eigenvalue weighted by molar-refractivity contribution is -0.193. The first-order valence-electron chi connectivity index (χ1n) is 11.5. The van der Waals surface area contributed by atoms with Crippen molar-refractivity contribution in [3.05, 3.63) is 41.5 Å². The van der Waals surface area contributed by atoms with Gasteiger partial charge in [-0.3, -0.25) is 9.80 Å². The van der Waals surface area contributed by atoms with Crippen molar-refractivity contribution < 1.29 is 50.9 Å². The minimum absolute atomic E-state index is 0.505. The molecule has 16 heteroatoms. The molecule has 0 spiro atoms. The molecule has 10 nitrogen and oxygen atoms in total. The molecule has 2 N–H and O–H groups in total. The van der Waals surface area contributed by atoms with Crippen LogP contribution in [-0.4, -0.2) is 92.4 Å². The van der Waals surface area contributed by atoms with E-state index in [0.717, 1.165) is 56.5 Å². The number of nitrogens with zero attached hydrogens (tertiary/aromatic N) is 5. The molecule has 0 atom stereocenters. The molecule has 220 valence electrons. The number of halogens is 6. The van der Waals surface area contributed by atoms with Crippen LogP contribution < -0.4 is 4.74 Å². The molecule has 1 aromatic heterocycles. The Bertz CT molecular complexity index is 1030. The van der Waals surface area contributed by atoms with Crippen LogP contribution in [0, 0.1) is 0 Å². The van der Waals surface area contributed by atoms with Gasteiger partial charge in [0.2, 0.25) is 0 Å². The van der Waals surface area contributed by atoms with Gasteiger partial charge in [-0.05, 0) is 38.6 Å². The van der Waals surface area contributed by atoms with Crippen LogP contribution in [0.3, 0.4) is 0 Å². The van der Waals surface area contributed by atoms with Crippen molar-refractivity contribution in [2.75, 3.05) is 27.2 Å². The molecule has 1 aliphatic heterocycles. The van der Waals surface area contributed by atoms with E-state index < -0.39 is 24.3 Å². The highest BCUT2D eigenvalue weighted by atomic mass is 19.4. The number of fused-ring (bicyclic) bond motifs is 1. The van der Waals surface area contributed by atoms with Crippen molar-refractivity contribution in [2.24, 2.45) is 0 Å². The van der Waals surface area contributed by atoms with Gasteiger partial charge < -0.3 is 19.5 Å². The minimum Gasteiger partial charge on any atom is -0.497 e. The summed E-state index contributed by atoms with van der Waals surface area (Å²) in [5.41, 5.74) is 1.32. The lowest BCUT2D eigenvalue weighted by Gasteiger charge is -2.21. The largest absolute Gasteiger partial charge is 0.497 e. The number of carbonyl (C=O) groups is 2. The number of rotatable bonds is 6. The summed E-state index contributed by atoms with van der Waals surface area (Å²) in [7, 11) is 3.84. The number of aliphatic carboxylic acids is 2. The molecule has 0 aliphatic carbocycles. The van der Waals surface area contributed by atoms with Crippen LogP contribution in [0.15, 0.2) is 24.3 Å². The number of alkyl halides is 6. The fraction of sp³-hybridized carbons (Fsp3) is 0.565. The standard InChI is InChI=1S/C19H29N5O.2C2HF3O2/c1-15(2)22(3)14-19-21-20-18-9-10-23(11-12-24(18)19)13-16-5-7-17(25-4)8-6-16;2*3-2(4,5)1(6)7/h5-8,15H,9-14H2,1-4H3;2*(H,6,7). The summed E-state index contributed by atoms with van der Waals surface area (Å²) in [6, 6.07) is 8.86. The van der Waals surface area contributed by atoms with Gasteiger partial charge in [-0.25, -0.2) is 9.59 Å².